The summed E-state index contributed by atoms with van der Waals surface area (Å²) < 4.78 is 10.4. The monoisotopic (exact) mass is 291 g/mol. The van der Waals surface area contributed by atoms with Crippen molar-refractivity contribution in [2.75, 3.05) is 19.5 Å². The third-order valence-corrected chi connectivity index (χ3v) is 3.65. The quantitative estimate of drug-likeness (QED) is 0.855. The number of thiophene rings is 1. The van der Waals surface area contributed by atoms with Crippen LogP contribution < -0.4 is 10.5 Å². The Morgan fingerprint density at radius 3 is 2.90 bits per heavy atom. The number of ether oxygens (including phenoxy) is 2. The first-order valence-corrected chi connectivity index (χ1v) is 7.23. The zero-order valence-corrected chi connectivity index (χ0v) is 12.3. The average molecular weight is 291 g/mol. The van der Waals surface area contributed by atoms with Crippen LogP contribution in [-0.2, 0) is 4.74 Å². The van der Waals surface area contributed by atoms with Gasteiger partial charge in [-0.1, -0.05) is 19.1 Å². The largest absolute Gasteiger partial charge is 0.497 e. The minimum atomic E-state index is -0.372. The molecule has 0 radical (unpaired) electrons. The van der Waals surface area contributed by atoms with Gasteiger partial charge >= 0.3 is 5.97 Å². The van der Waals surface area contributed by atoms with Crippen molar-refractivity contribution in [3.8, 4) is 16.9 Å². The molecule has 1 heterocycles. The minimum absolute atomic E-state index is 0.372. The summed E-state index contributed by atoms with van der Waals surface area (Å²) in [6.07, 6.45) is 0.782. The highest BCUT2D eigenvalue weighted by Gasteiger charge is 2.20. The zero-order chi connectivity index (χ0) is 14.5. The van der Waals surface area contributed by atoms with Gasteiger partial charge in [0.15, 0.2) is 0 Å². The van der Waals surface area contributed by atoms with Crippen LogP contribution >= 0.6 is 11.3 Å². The lowest BCUT2D eigenvalue weighted by Gasteiger charge is -2.07. The molecule has 0 bridgehead atoms. The number of methoxy groups -OCH3 is 1. The summed E-state index contributed by atoms with van der Waals surface area (Å²) in [4.78, 5) is 12.1. The molecule has 0 amide bonds. The maximum absolute atomic E-state index is 12.1. The first-order chi connectivity index (χ1) is 9.67. The maximum atomic E-state index is 12.1. The van der Waals surface area contributed by atoms with E-state index in [2.05, 4.69) is 0 Å². The molecule has 1 aromatic heterocycles. The third kappa shape index (κ3) is 2.93. The summed E-state index contributed by atoms with van der Waals surface area (Å²) in [5.41, 5.74) is 8.02. The van der Waals surface area contributed by atoms with E-state index in [-0.39, 0.29) is 5.97 Å². The summed E-state index contributed by atoms with van der Waals surface area (Å²) in [5, 5.41) is 2.34. The predicted molar refractivity (Wildman–Crippen MR) is 81.3 cm³/mol. The van der Waals surface area contributed by atoms with Crippen molar-refractivity contribution in [2.24, 2.45) is 0 Å². The van der Waals surface area contributed by atoms with E-state index in [1.807, 2.05) is 36.6 Å². The molecule has 0 fully saturated rings. The lowest BCUT2D eigenvalue weighted by Crippen LogP contribution is -2.08. The van der Waals surface area contributed by atoms with Crippen LogP contribution in [0, 0.1) is 0 Å². The first kappa shape index (κ1) is 14.4. The normalized spacial score (nSPS) is 10.3. The smallest absolute Gasteiger partial charge is 0.341 e. The van der Waals surface area contributed by atoms with Crippen LogP contribution in [0.4, 0.5) is 5.00 Å². The van der Waals surface area contributed by atoms with Gasteiger partial charge in [0.1, 0.15) is 16.3 Å². The van der Waals surface area contributed by atoms with Crippen molar-refractivity contribution in [3.05, 3.63) is 35.2 Å². The molecule has 0 unspecified atom stereocenters. The SMILES string of the molecule is CCCOC(=O)c1c(-c2cccc(OC)c2)csc1N. The molecule has 0 saturated carbocycles. The lowest BCUT2D eigenvalue weighted by molar-refractivity contribution is 0.0508. The number of anilines is 1. The molecule has 2 aromatic rings. The Labute approximate surface area is 122 Å². The standard InChI is InChI=1S/C15H17NO3S/c1-3-7-19-15(17)13-12(9-20-14(13)16)10-5-4-6-11(8-10)18-2/h4-6,8-9H,3,7,16H2,1-2H3. The van der Waals surface area contributed by atoms with Gasteiger partial charge in [-0.3, -0.25) is 0 Å². The van der Waals surface area contributed by atoms with Crippen LogP contribution in [0.5, 0.6) is 5.75 Å². The van der Waals surface area contributed by atoms with Crippen molar-refractivity contribution in [1.82, 2.24) is 0 Å². The van der Waals surface area contributed by atoms with Crippen LogP contribution in [0.2, 0.25) is 0 Å². The van der Waals surface area contributed by atoms with Gasteiger partial charge in [0.2, 0.25) is 0 Å². The molecule has 0 spiro atoms. The Kier molecular flexibility index (Phi) is 4.63. The van der Waals surface area contributed by atoms with Gasteiger partial charge in [0.25, 0.3) is 0 Å². The molecule has 0 saturated heterocycles. The summed E-state index contributed by atoms with van der Waals surface area (Å²) >= 11 is 1.34. The number of rotatable bonds is 5. The fraction of sp³-hybridized carbons (Fsp3) is 0.267. The lowest BCUT2D eigenvalue weighted by atomic mass is 10.0. The molecule has 2 rings (SSSR count). The molecule has 20 heavy (non-hydrogen) atoms. The number of hydrogen-bond acceptors (Lipinski definition) is 5. The van der Waals surface area contributed by atoms with E-state index in [1.54, 1.807) is 7.11 Å². The molecule has 0 aliphatic rings. The molecule has 1 aromatic carbocycles. The van der Waals surface area contributed by atoms with E-state index in [4.69, 9.17) is 15.2 Å². The maximum Gasteiger partial charge on any atom is 0.341 e. The Balaban J connectivity index is 2.39. The molecule has 106 valence electrons. The molecule has 2 N–H and O–H groups in total. The molecule has 0 atom stereocenters. The summed E-state index contributed by atoms with van der Waals surface area (Å²) in [6.45, 7) is 2.35. The van der Waals surface area contributed by atoms with Crippen LogP contribution in [0.25, 0.3) is 11.1 Å². The van der Waals surface area contributed by atoms with Crippen molar-refractivity contribution in [2.45, 2.75) is 13.3 Å². The summed E-state index contributed by atoms with van der Waals surface area (Å²) in [6, 6.07) is 7.52. The van der Waals surface area contributed by atoms with Gasteiger partial charge in [-0.25, -0.2) is 4.79 Å². The zero-order valence-electron chi connectivity index (χ0n) is 11.5. The van der Waals surface area contributed by atoms with Crippen LogP contribution in [-0.4, -0.2) is 19.7 Å². The van der Waals surface area contributed by atoms with Gasteiger partial charge < -0.3 is 15.2 Å². The van der Waals surface area contributed by atoms with Crippen LogP contribution in [0.15, 0.2) is 29.6 Å². The van der Waals surface area contributed by atoms with Gasteiger partial charge in [-0.2, -0.15) is 0 Å². The van der Waals surface area contributed by atoms with Crippen molar-refractivity contribution in [3.63, 3.8) is 0 Å². The third-order valence-electron chi connectivity index (χ3n) is 2.84. The topological polar surface area (TPSA) is 61.5 Å². The van der Waals surface area contributed by atoms with Crippen molar-refractivity contribution >= 4 is 22.3 Å². The van der Waals surface area contributed by atoms with E-state index in [1.165, 1.54) is 11.3 Å². The number of nitrogens with two attached hydrogens (primary N) is 1. The van der Waals surface area contributed by atoms with E-state index in [0.717, 1.165) is 23.3 Å². The molecule has 4 nitrogen and oxygen atoms in total. The highest BCUT2D eigenvalue weighted by molar-refractivity contribution is 7.14. The highest BCUT2D eigenvalue weighted by Crippen LogP contribution is 2.35. The first-order valence-electron chi connectivity index (χ1n) is 6.35. The second-order valence-corrected chi connectivity index (χ2v) is 5.17. The fourth-order valence-electron chi connectivity index (χ4n) is 1.85. The van der Waals surface area contributed by atoms with Gasteiger partial charge in [0, 0.05) is 10.9 Å². The average Bonchev–Trinajstić information content (AvgIpc) is 2.86. The number of nitrogen functional groups attached to an aromatic ring is 1. The summed E-state index contributed by atoms with van der Waals surface area (Å²) in [7, 11) is 1.61. The molecule has 0 aliphatic heterocycles. The number of benzene rings is 1. The minimum Gasteiger partial charge on any atom is -0.497 e. The van der Waals surface area contributed by atoms with Crippen molar-refractivity contribution < 1.29 is 14.3 Å². The van der Waals surface area contributed by atoms with Gasteiger partial charge in [-0.15, -0.1) is 11.3 Å². The van der Waals surface area contributed by atoms with E-state index in [0.29, 0.717) is 17.2 Å². The van der Waals surface area contributed by atoms with Crippen molar-refractivity contribution in [1.29, 1.82) is 0 Å². The Bertz CT molecular complexity index is 607. The number of carbonyl (C=O) groups is 1. The molecule has 5 heteroatoms. The van der Waals surface area contributed by atoms with Crippen LogP contribution in [0.3, 0.4) is 0 Å². The number of carbonyl (C=O) groups excluding carboxylic acids is 1. The van der Waals surface area contributed by atoms with E-state index in [9.17, 15) is 4.79 Å². The Morgan fingerprint density at radius 2 is 2.20 bits per heavy atom. The van der Waals surface area contributed by atoms with E-state index < -0.39 is 0 Å². The van der Waals surface area contributed by atoms with E-state index >= 15 is 0 Å². The van der Waals surface area contributed by atoms with Gasteiger partial charge in [0.05, 0.1) is 13.7 Å². The highest BCUT2D eigenvalue weighted by atomic mass is 32.1. The summed E-state index contributed by atoms with van der Waals surface area (Å²) in [5.74, 6) is 0.364. The number of esters is 1. The van der Waals surface area contributed by atoms with Crippen LogP contribution in [0.1, 0.15) is 23.7 Å². The second-order valence-electron chi connectivity index (χ2n) is 4.26. The predicted octanol–water partition coefficient (Wildman–Crippen LogP) is 3.57. The Hall–Kier alpha value is -2.01. The fourth-order valence-corrected chi connectivity index (χ4v) is 2.66. The molecule has 0 aliphatic carbocycles. The molecular weight excluding hydrogens is 274 g/mol. The van der Waals surface area contributed by atoms with Gasteiger partial charge in [-0.05, 0) is 24.1 Å². The second kappa shape index (κ2) is 6.43. The number of hydrogen-bond donors (Lipinski definition) is 1. The Morgan fingerprint density at radius 1 is 1.40 bits per heavy atom. The molecular formula is C15H17NO3S.